The number of rotatable bonds is 3. The van der Waals surface area contributed by atoms with Crippen LogP contribution in [0.1, 0.15) is 19.8 Å². The van der Waals surface area contributed by atoms with Crippen LogP contribution in [0.4, 0.5) is 8.78 Å². The smallest absolute Gasteiger partial charge is 0.226 e. The van der Waals surface area contributed by atoms with E-state index >= 15 is 0 Å². The van der Waals surface area contributed by atoms with Gasteiger partial charge in [0.15, 0.2) is 0 Å². The molecule has 1 N–H and O–H groups in total. The van der Waals surface area contributed by atoms with Crippen LogP contribution in [-0.4, -0.2) is 42.6 Å². The summed E-state index contributed by atoms with van der Waals surface area (Å²) in [5.74, 6) is -0.486. The highest BCUT2D eigenvalue weighted by molar-refractivity contribution is 7.78. The summed E-state index contributed by atoms with van der Waals surface area (Å²) in [7, 11) is 0. The van der Waals surface area contributed by atoms with E-state index in [0.717, 1.165) is 12.8 Å². The van der Waals surface area contributed by atoms with Gasteiger partial charge in [-0.2, -0.15) is 0 Å². The number of nitrogens with zero attached hydrogens (tertiary/aromatic N) is 1. The maximum Gasteiger partial charge on any atom is 0.226 e. The van der Waals surface area contributed by atoms with Gasteiger partial charge in [0.05, 0.1) is 30.9 Å². The van der Waals surface area contributed by atoms with Gasteiger partial charge in [-0.1, -0.05) is 49.2 Å². The summed E-state index contributed by atoms with van der Waals surface area (Å²) in [6.45, 7) is 4.01. The predicted octanol–water partition coefficient (Wildman–Crippen LogP) is 4.08. The average molecular weight is 421 g/mol. The Labute approximate surface area is 175 Å². The molecule has 156 valence electrons. The summed E-state index contributed by atoms with van der Waals surface area (Å²) >= 11 is 4.05. The van der Waals surface area contributed by atoms with Gasteiger partial charge in [0.1, 0.15) is 11.6 Å². The summed E-state index contributed by atoms with van der Waals surface area (Å²) in [6, 6.07) is 12.9. The van der Waals surface area contributed by atoms with E-state index in [1.54, 1.807) is 24.3 Å². The van der Waals surface area contributed by atoms with Crippen molar-refractivity contribution in [2.45, 2.75) is 31.8 Å². The van der Waals surface area contributed by atoms with Gasteiger partial charge in [0.2, 0.25) is 5.91 Å². The second-order valence-electron chi connectivity index (χ2n) is 7.44. The number of hydrogen-bond acceptors (Lipinski definition) is 4. The average Bonchev–Trinajstić information content (AvgIpc) is 3.57. The molecule has 4 nitrogen and oxygen atoms in total. The third-order valence-corrected chi connectivity index (χ3v) is 5.41. The zero-order valence-electron chi connectivity index (χ0n) is 16.4. The molecule has 2 atom stereocenters. The Morgan fingerprint density at radius 1 is 1.07 bits per heavy atom. The molecule has 2 fully saturated rings. The van der Waals surface area contributed by atoms with Crippen molar-refractivity contribution < 1.29 is 18.3 Å². The molecule has 7 heteroatoms. The molecule has 0 bridgehead atoms. The first kappa shape index (κ1) is 21.7. The number of halogens is 2. The maximum absolute atomic E-state index is 13.3. The Balaban J connectivity index is 0.000000166. The van der Waals surface area contributed by atoms with Crippen LogP contribution < -0.4 is 4.72 Å². The van der Waals surface area contributed by atoms with E-state index in [9.17, 15) is 13.6 Å². The Bertz CT molecular complexity index is 797. The largest absolute Gasteiger partial charge is 0.378 e. The quantitative estimate of drug-likeness (QED) is 0.736. The fourth-order valence-electron chi connectivity index (χ4n) is 3.27. The second kappa shape index (κ2) is 10.2. The zero-order chi connectivity index (χ0) is 20.8. The van der Waals surface area contributed by atoms with Crippen LogP contribution in [0.2, 0.25) is 0 Å². The minimum Gasteiger partial charge on any atom is -0.378 e. The fourth-order valence-corrected chi connectivity index (χ4v) is 3.43. The first-order valence-electron chi connectivity index (χ1n) is 9.78. The lowest BCUT2D eigenvalue weighted by molar-refractivity contribution is -0.134. The first-order valence-corrected chi connectivity index (χ1v) is 10.2. The summed E-state index contributed by atoms with van der Waals surface area (Å²) in [4.78, 5) is 13.9. The van der Waals surface area contributed by atoms with Gasteiger partial charge < -0.3 is 9.64 Å². The Morgan fingerprint density at radius 2 is 1.72 bits per heavy atom. The summed E-state index contributed by atoms with van der Waals surface area (Å²) in [5, 5.41) is 0. The maximum atomic E-state index is 13.3. The van der Waals surface area contributed by atoms with E-state index in [1.165, 1.54) is 18.2 Å². The monoisotopic (exact) mass is 420 g/mol. The van der Waals surface area contributed by atoms with E-state index in [4.69, 9.17) is 4.74 Å². The number of carbonyl (C=O) groups excluding carboxylic acids is 1. The third-order valence-electron chi connectivity index (χ3n) is 5.04. The third kappa shape index (κ3) is 5.78. The minimum atomic E-state index is -0.531. The lowest BCUT2D eigenvalue weighted by Crippen LogP contribution is -2.46. The molecule has 1 aliphatic heterocycles. The number of ether oxygens (including phenoxy) is 1. The molecule has 0 aromatic heterocycles. The van der Waals surface area contributed by atoms with E-state index in [1.807, 2.05) is 17.9 Å². The van der Waals surface area contributed by atoms with Crippen molar-refractivity contribution in [3.05, 3.63) is 60.2 Å². The Kier molecular flexibility index (Phi) is 7.64. The van der Waals surface area contributed by atoms with E-state index < -0.39 is 11.6 Å². The molecule has 1 aliphatic carbocycles. The van der Waals surface area contributed by atoms with Gasteiger partial charge in [0, 0.05) is 12.5 Å². The lowest BCUT2D eigenvalue weighted by Gasteiger charge is -2.28. The molecule has 0 radical (unpaired) electrons. The number of thiol groups is 1. The summed E-state index contributed by atoms with van der Waals surface area (Å²) in [6.07, 6.45) is 2.11. The van der Waals surface area contributed by atoms with Gasteiger partial charge in [-0.3, -0.25) is 9.52 Å². The van der Waals surface area contributed by atoms with Crippen molar-refractivity contribution in [3.63, 3.8) is 0 Å². The first-order chi connectivity index (χ1) is 14.0. The molecule has 1 unspecified atom stereocenters. The van der Waals surface area contributed by atoms with Gasteiger partial charge in [0.25, 0.3) is 0 Å². The highest BCUT2D eigenvalue weighted by Crippen LogP contribution is 2.32. The standard InChI is InChI=1S/C12H8F2.C10H18N2O2S/c13-10-7-4-8-11(14)12(10)9-5-2-1-3-6-9;1-7-5-14-6-9(11-15)4-12(7)10(13)8-2-3-8/h1-8H;7-9,11,15H,2-6H2,1H3/t;7-,9?/m.0/s1. The van der Waals surface area contributed by atoms with E-state index in [2.05, 4.69) is 17.5 Å². The molecule has 1 amide bonds. The molecule has 1 heterocycles. The van der Waals surface area contributed by atoms with Gasteiger partial charge in [-0.15, -0.1) is 0 Å². The Morgan fingerprint density at radius 3 is 2.31 bits per heavy atom. The van der Waals surface area contributed by atoms with Crippen molar-refractivity contribution in [3.8, 4) is 11.1 Å². The molecule has 2 aliphatic rings. The van der Waals surface area contributed by atoms with Crippen LogP contribution in [0.15, 0.2) is 48.5 Å². The molecule has 4 rings (SSSR count). The van der Waals surface area contributed by atoms with Crippen LogP contribution in [0.25, 0.3) is 11.1 Å². The van der Waals surface area contributed by atoms with Gasteiger partial charge >= 0.3 is 0 Å². The lowest BCUT2D eigenvalue weighted by atomic mass is 10.0. The molecule has 1 saturated carbocycles. The van der Waals surface area contributed by atoms with Crippen molar-refractivity contribution in [1.82, 2.24) is 9.62 Å². The van der Waals surface area contributed by atoms with Crippen LogP contribution in [0, 0.1) is 17.6 Å². The Hall–Kier alpha value is -1.96. The molecule has 2 aromatic carbocycles. The molecular weight excluding hydrogens is 394 g/mol. The molecule has 29 heavy (non-hydrogen) atoms. The van der Waals surface area contributed by atoms with E-state index in [0.29, 0.717) is 31.2 Å². The highest BCUT2D eigenvalue weighted by atomic mass is 32.1. The van der Waals surface area contributed by atoms with Crippen LogP contribution in [0.5, 0.6) is 0 Å². The molecule has 2 aromatic rings. The van der Waals surface area contributed by atoms with Crippen molar-refractivity contribution in [2.24, 2.45) is 5.92 Å². The number of hydrogen-bond donors (Lipinski definition) is 2. The van der Waals surface area contributed by atoms with Gasteiger partial charge in [-0.25, -0.2) is 8.78 Å². The van der Waals surface area contributed by atoms with Crippen molar-refractivity contribution in [1.29, 1.82) is 0 Å². The van der Waals surface area contributed by atoms with E-state index in [-0.39, 0.29) is 23.6 Å². The second-order valence-corrected chi connectivity index (χ2v) is 7.70. The minimum absolute atomic E-state index is 0.0353. The molecule has 1 saturated heterocycles. The van der Waals surface area contributed by atoms with Crippen LogP contribution in [0.3, 0.4) is 0 Å². The zero-order valence-corrected chi connectivity index (χ0v) is 17.2. The predicted molar refractivity (Wildman–Crippen MR) is 112 cm³/mol. The number of amides is 1. The normalized spacial score (nSPS) is 21.7. The molecular formula is C22H26F2N2O2S. The summed E-state index contributed by atoms with van der Waals surface area (Å²) < 4.78 is 35.0. The SMILES string of the molecule is C[C@H]1COCC(NS)CN1C(=O)C1CC1.Fc1cccc(F)c1-c1ccccc1. The topological polar surface area (TPSA) is 41.6 Å². The number of benzene rings is 2. The number of carbonyl (C=O) groups is 1. The van der Waals surface area contributed by atoms with Crippen LogP contribution >= 0.6 is 12.8 Å². The van der Waals surface area contributed by atoms with Crippen molar-refractivity contribution >= 4 is 18.7 Å². The molecule has 0 spiro atoms. The summed E-state index contributed by atoms with van der Waals surface area (Å²) in [5.41, 5.74) is 0.594. The van der Waals surface area contributed by atoms with Crippen LogP contribution in [-0.2, 0) is 9.53 Å². The number of nitrogens with one attached hydrogen (secondary N) is 1. The van der Waals surface area contributed by atoms with Gasteiger partial charge in [-0.05, 0) is 37.5 Å². The fraction of sp³-hybridized carbons (Fsp3) is 0.409. The highest BCUT2D eigenvalue weighted by Gasteiger charge is 2.37. The van der Waals surface area contributed by atoms with Crippen molar-refractivity contribution in [2.75, 3.05) is 19.8 Å².